The minimum atomic E-state index is -0.943. The average Bonchev–Trinajstić information content (AvgIpc) is 2.35. The molecule has 0 fully saturated rings. The third-order valence-corrected chi connectivity index (χ3v) is 2.87. The van der Waals surface area contributed by atoms with Crippen LogP contribution in [0.2, 0.25) is 0 Å². The maximum Gasteiger partial charge on any atom is 0.311 e. The molecule has 0 radical (unpaired) electrons. The standard InChI is InChI=1S/C14H20O4/c1-9-7-5-6-8-12(9)13(18-11(3)15)10(2)14(16)17-4/h5-8,10-11,13,15H,1-4H3. The molecule has 1 aromatic rings. The molecule has 0 saturated carbocycles. The van der Waals surface area contributed by atoms with Gasteiger partial charge in [0.1, 0.15) is 0 Å². The third kappa shape index (κ3) is 3.55. The number of rotatable bonds is 5. The minimum absolute atomic E-state index is 0.357. The molecule has 100 valence electrons. The second-order valence-corrected chi connectivity index (χ2v) is 4.32. The molecule has 3 atom stereocenters. The summed E-state index contributed by atoms with van der Waals surface area (Å²) < 4.78 is 10.2. The molecule has 0 heterocycles. The molecule has 18 heavy (non-hydrogen) atoms. The summed E-state index contributed by atoms with van der Waals surface area (Å²) in [4.78, 5) is 11.6. The number of carbonyl (C=O) groups is 1. The van der Waals surface area contributed by atoms with Crippen LogP contribution in [0.15, 0.2) is 24.3 Å². The van der Waals surface area contributed by atoms with E-state index in [0.29, 0.717) is 0 Å². The second kappa shape index (κ2) is 6.52. The predicted octanol–water partition coefficient (Wildman–Crippen LogP) is 2.20. The van der Waals surface area contributed by atoms with Crippen molar-refractivity contribution in [3.05, 3.63) is 35.4 Å². The van der Waals surface area contributed by atoms with Crippen LogP contribution in [0.5, 0.6) is 0 Å². The first-order chi connectivity index (χ1) is 8.47. The molecular weight excluding hydrogens is 232 g/mol. The highest BCUT2D eigenvalue weighted by molar-refractivity contribution is 5.73. The Hall–Kier alpha value is -1.39. The first kappa shape index (κ1) is 14.7. The van der Waals surface area contributed by atoms with Crippen molar-refractivity contribution < 1.29 is 19.4 Å². The van der Waals surface area contributed by atoms with Crippen LogP contribution in [0.3, 0.4) is 0 Å². The van der Waals surface area contributed by atoms with Gasteiger partial charge in [0.25, 0.3) is 0 Å². The van der Waals surface area contributed by atoms with Gasteiger partial charge < -0.3 is 14.6 Å². The lowest BCUT2D eigenvalue weighted by Gasteiger charge is -2.25. The van der Waals surface area contributed by atoms with Crippen LogP contribution < -0.4 is 0 Å². The highest BCUT2D eigenvalue weighted by Crippen LogP contribution is 2.30. The number of aliphatic hydroxyl groups excluding tert-OH is 1. The van der Waals surface area contributed by atoms with Crippen molar-refractivity contribution in [3.63, 3.8) is 0 Å². The average molecular weight is 252 g/mol. The monoisotopic (exact) mass is 252 g/mol. The maximum absolute atomic E-state index is 11.6. The SMILES string of the molecule is COC(=O)C(C)C(OC(C)O)c1ccccc1C. The lowest BCUT2D eigenvalue weighted by Crippen LogP contribution is -2.26. The zero-order chi connectivity index (χ0) is 13.7. The van der Waals surface area contributed by atoms with E-state index in [-0.39, 0.29) is 5.97 Å². The van der Waals surface area contributed by atoms with E-state index in [1.807, 2.05) is 31.2 Å². The zero-order valence-electron chi connectivity index (χ0n) is 11.2. The van der Waals surface area contributed by atoms with E-state index in [0.717, 1.165) is 11.1 Å². The molecule has 0 aromatic heterocycles. The number of aliphatic hydroxyl groups is 1. The van der Waals surface area contributed by atoms with Crippen LogP contribution in [0.25, 0.3) is 0 Å². The number of esters is 1. The Morgan fingerprint density at radius 2 is 1.89 bits per heavy atom. The lowest BCUT2D eigenvalue weighted by atomic mass is 9.94. The first-order valence-electron chi connectivity index (χ1n) is 5.94. The van der Waals surface area contributed by atoms with E-state index in [1.165, 1.54) is 14.0 Å². The molecule has 0 aliphatic heterocycles. The summed E-state index contributed by atoms with van der Waals surface area (Å²) in [5, 5.41) is 9.40. The second-order valence-electron chi connectivity index (χ2n) is 4.32. The molecule has 4 heteroatoms. The van der Waals surface area contributed by atoms with Crippen LogP contribution >= 0.6 is 0 Å². The van der Waals surface area contributed by atoms with E-state index in [1.54, 1.807) is 6.92 Å². The van der Waals surface area contributed by atoms with Crippen molar-refractivity contribution in [2.45, 2.75) is 33.2 Å². The van der Waals surface area contributed by atoms with Crippen molar-refractivity contribution in [2.75, 3.05) is 7.11 Å². The smallest absolute Gasteiger partial charge is 0.311 e. The van der Waals surface area contributed by atoms with Crippen molar-refractivity contribution in [3.8, 4) is 0 Å². The lowest BCUT2D eigenvalue weighted by molar-refractivity contribution is -0.167. The number of methoxy groups -OCH3 is 1. The fourth-order valence-electron chi connectivity index (χ4n) is 1.89. The van der Waals surface area contributed by atoms with Gasteiger partial charge >= 0.3 is 5.97 Å². The highest BCUT2D eigenvalue weighted by Gasteiger charge is 2.29. The molecule has 0 aliphatic rings. The van der Waals surface area contributed by atoms with E-state index >= 15 is 0 Å². The Bertz CT molecular complexity index is 401. The molecule has 0 aliphatic carbocycles. The molecule has 0 amide bonds. The Morgan fingerprint density at radius 1 is 1.28 bits per heavy atom. The predicted molar refractivity (Wildman–Crippen MR) is 67.9 cm³/mol. The van der Waals surface area contributed by atoms with Gasteiger partial charge in [-0.05, 0) is 31.9 Å². The number of benzene rings is 1. The van der Waals surface area contributed by atoms with Crippen molar-refractivity contribution in [2.24, 2.45) is 5.92 Å². The largest absolute Gasteiger partial charge is 0.469 e. The summed E-state index contributed by atoms with van der Waals surface area (Å²) >= 11 is 0. The van der Waals surface area contributed by atoms with Crippen LogP contribution in [0.1, 0.15) is 31.1 Å². The first-order valence-corrected chi connectivity index (χ1v) is 5.94. The Morgan fingerprint density at radius 3 is 2.39 bits per heavy atom. The third-order valence-electron chi connectivity index (χ3n) is 2.87. The number of aryl methyl sites for hydroxylation is 1. The topological polar surface area (TPSA) is 55.8 Å². The van der Waals surface area contributed by atoms with Gasteiger partial charge in [0.05, 0.1) is 19.1 Å². The van der Waals surface area contributed by atoms with Gasteiger partial charge in [0, 0.05) is 0 Å². The number of ether oxygens (including phenoxy) is 2. The van der Waals surface area contributed by atoms with Crippen molar-refractivity contribution in [1.82, 2.24) is 0 Å². The quantitative estimate of drug-likeness (QED) is 0.644. The van der Waals surface area contributed by atoms with Crippen molar-refractivity contribution >= 4 is 5.97 Å². The van der Waals surface area contributed by atoms with Gasteiger partial charge in [0.15, 0.2) is 6.29 Å². The summed E-state index contributed by atoms with van der Waals surface area (Å²) in [6.45, 7) is 5.19. The summed E-state index contributed by atoms with van der Waals surface area (Å²) in [5.41, 5.74) is 1.90. The van der Waals surface area contributed by atoms with Gasteiger partial charge in [-0.2, -0.15) is 0 Å². The summed E-state index contributed by atoms with van der Waals surface area (Å²) in [5.74, 6) is -0.838. The fraction of sp³-hybridized carbons (Fsp3) is 0.500. The number of hydrogen-bond acceptors (Lipinski definition) is 4. The van der Waals surface area contributed by atoms with E-state index in [9.17, 15) is 9.90 Å². The van der Waals surface area contributed by atoms with E-state index in [4.69, 9.17) is 9.47 Å². The molecule has 4 nitrogen and oxygen atoms in total. The zero-order valence-corrected chi connectivity index (χ0v) is 11.2. The van der Waals surface area contributed by atoms with E-state index in [2.05, 4.69) is 0 Å². The molecule has 0 saturated heterocycles. The van der Waals surface area contributed by atoms with E-state index < -0.39 is 18.3 Å². The molecule has 1 rings (SSSR count). The highest BCUT2D eigenvalue weighted by atomic mass is 16.6. The fourth-order valence-corrected chi connectivity index (χ4v) is 1.89. The minimum Gasteiger partial charge on any atom is -0.469 e. The number of carbonyl (C=O) groups excluding carboxylic acids is 1. The summed E-state index contributed by atoms with van der Waals surface area (Å²) in [6, 6.07) is 7.63. The Labute approximate surface area is 108 Å². The molecule has 3 unspecified atom stereocenters. The van der Waals surface area contributed by atoms with Gasteiger partial charge in [-0.15, -0.1) is 0 Å². The summed E-state index contributed by atoms with van der Waals surface area (Å²) in [6.07, 6.45) is -1.46. The molecule has 1 N–H and O–H groups in total. The normalized spacial score (nSPS) is 15.8. The Balaban J connectivity index is 3.05. The number of hydrogen-bond donors (Lipinski definition) is 1. The molecule has 0 spiro atoms. The molecule has 1 aromatic carbocycles. The molecular formula is C14H20O4. The van der Waals surface area contributed by atoms with Crippen LogP contribution in [0.4, 0.5) is 0 Å². The van der Waals surface area contributed by atoms with Gasteiger partial charge in [-0.1, -0.05) is 24.3 Å². The van der Waals surface area contributed by atoms with Crippen molar-refractivity contribution in [1.29, 1.82) is 0 Å². The van der Waals surface area contributed by atoms with Gasteiger partial charge in [0.2, 0.25) is 0 Å². The van der Waals surface area contributed by atoms with Crippen LogP contribution in [-0.4, -0.2) is 24.5 Å². The van der Waals surface area contributed by atoms with Crippen LogP contribution in [-0.2, 0) is 14.3 Å². The maximum atomic E-state index is 11.6. The Kier molecular flexibility index (Phi) is 5.31. The van der Waals surface area contributed by atoms with Gasteiger partial charge in [-0.25, -0.2) is 0 Å². The van der Waals surface area contributed by atoms with Gasteiger partial charge in [-0.3, -0.25) is 4.79 Å². The van der Waals surface area contributed by atoms with Crippen LogP contribution in [0, 0.1) is 12.8 Å². The summed E-state index contributed by atoms with van der Waals surface area (Å²) in [7, 11) is 1.34. The molecule has 0 bridgehead atoms.